The lowest BCUT2D eigenvalue weighted by molar-refractivity contribution is 0.0241. The molecular formula is C20H26N4O2. The Kier molecular flexibility index (Phi) is 4.32. The second kappa shape index (κ2) is 6.52. The molecule has 3 heterocycles. The summed E-state index contributed by atoms with van der Waals surface area (Å²) in [6.07, 6.45) is 0.803. The number of likely N-dealkylation sites (tertiary alicyclic amines) is 1. The van der Waals surface area contributed by atoms with Gasteiger partial charge < -0.3 is 15.4 Å². The zero-order valence-electron chi connectivity index (χ0n) is 15.4. The van der Waals surface area contributed by atoms with E-state index in [1.807, 2.05) is 46.0 Å². The SMILES string of the molecule is CC(C)c1cc(C(=O)N2C[C@@H]3COCC[C@]3(N)C2)nn1-c1ccccc1. The van der Waals surface area contributed by atoms with Gasteiger partial charge in [-0.3, -0.25) is 4.79 Å². The number of benzene rings is 1. The fourth-order valence-electron chi connectivity index (χ4n) is 3.99. The number of carbonyl (C=O) groups excluding carboxylic acids is 1. The Bertz CT molecular complexity index is 801. The van der Waals surface area contributed by atoms with E-state index in [0.29, 0.717) is 32.0 Å². The molecule has 0 spiro atoms. The van der Waals surface area contributed by atoms with Crippen LogP contribution in [0.4, 0.5) is 0 Å². The summed E-state index contributed by atoms with van der Waals surface area (Å²) < 4.78 is 7.43. The maximum atomic E-state index is 13.1. The average molecular weight is 354 g/mol. The monoisotopic (exact) mass is 354 g/mol. The molecule has 2 N–H and O–H groups in total. The Hall–Kier alpha value is -2.18. The molecule has 2 aromatic rings. The number of rotatable bonds is 3. The van der Waals surface area contributed by atoms with Gasteiger partial charge in [-0.1, -0.05) is 32.0 Å². The Labute approximate surface area is 153 Å². The fraction of sp³-hybridized carbons (Fsp3) is 0.500. The highest BCUT2D eigenvalue weighted by molar-refractivity contribution is 5.93. The van der Waals surface area contributed by atoms with Gasteiger partial charge in [0.05, 0.1) is 12.3 Å². The molecular weight excluding hydrogens is 328 g/mol. The first-order valence-corrected chi connectivity index (χ1v) is 9.29. The van der Waals surface area contributed by atoms with Crippen LogP contribution >= 0.6 is 0 Å². The molecule has 1 amide bonds. The van der Waals surface area contributed by atoms with Crippen molar-refractivity contribution in [3.63, 3.8) is 0 Å². The predicted molar refractivity (Wildman–Crippen MR) is 99.4 cm³/mol. The summed E-state index contributed by atoms with van der Waals surface area (Å²) in [7, 11) is 0. The highest BCUT2D eigenvalue weighted by Crippen LogP contribution is 2.33. The van der Waals surface area contributed by atoms with Crippen molar-refractivity contribution in [2.75, 3.05) is 26.3 Å². The molecule has 2 aliphatic rings. The maximum absolute atomic E-state index is 13.1. The fourth-order valence-corrected chi connectivity index (χ4v) is 3.99. The van der Waals surface area contributed by atoms with Gasteiger partial charge >= 0.3 is 0 Å². The van der Waals surface area contributed by atoms with Crippen LogP contribution in [-0.2, 0) is 4.74 Å². The van der Waals surface area contributed by atoms with Gasteiger partial charge in [-0.15, -0.1) is 0 Å². The molecule has 6 heteroatoms. The number of nitrogens with two attached hydrogens (primary N) is 1. The van der Waals surface area contributed by atoms with Gasteiger partial charge in [0.2, 0.25) is 0 Å². The molecule has 0 saturated carbocycles. The zero-order valence-corrected chi connectivity index (χ0v) is 15.4. The third kappa shape index (κ3) is 2.93. The molecule has 138 valence electrons. The van der Waals surface area contributed by atoms with Crippen LogP contribution in [0.25, 0.3) is 5.69 Å². The third-order valence-corrected chi connectivity index (χ3v) is 5.61. The van der Waals surface area contributed by atoms with Gasteiger partial charge in [-0.2, -0.15) is 5.10 Å². The molecule has 4 rings (SSSR count). The lowest BCUT2D eigenvalue weighted by Gasteiger charge is -2.34. The van der Waals surface area contributed by atoms with Crippen molar-refractivity contribution in [2.24, 2.45) is 11.7 Å². The Morgan fingerprint density at radius 1 is 1.35 bits per heavy atom. The maximum Gasteiger partial charge on any atom is 0.274 e. The van der Waals surface area contributed by atoms with E-state index in [2.05, 4.69) is 18.9 Å². The lowest BCUT2D eigenvalue weighted by Crippen LogP contribution is -2.52. The van der Waals surface area contributed by atoms with E-state index in [4.69, 9.17) is 10.5 Å². The third-order valence-electron chi connectivity index (χ3n) is 5.61. The predicted octanol–water partition coefficient (Wildman–Crippen LogP) is 2.19. The highest BCUT2D eigenvalue weighted by atomic mass is 16.5. The summed E-state index contributed by atoms with van der Waals surface area (Å²) in [4.78, 5) is 15.0. The summed E-state index contributed by atoms with van der Waals surface area (Å²) in [6, 6.07) is 11.9. The highest BCUT2D eigenvalue weighted by Gasteiger charge is 2.47. The first kappa shape index (κ1) is 17.2. The van der Waals surface area contributed by atoms with Crippen LogP contribution in [0.15, 0.2) is 36.4 Å². The summed E-state index contributed by atoms with van der Waals surface area (Å²) in [6.45, 7) is 6.76. The number of nitrogens with zero attached hydrogens (tertiary/aromatic N) is 3. The Morgan fingerprint density at radius 2 is 2.12 bits per heavy atom. The first-order valence-electron chi connectivity index (χ1n) is 9.29. The topological polar surface area (TPSA) is 73.4 Å². The second-order valence-corrected chi connectivity index (χ2v) is 7.80. The van der Waals surface area contributed by atoms with Gasteiger partial charge in [0, 0.05) is 36.8 Å². The number of aromatic nitrogens is 2. The summed E-state index contributed by atoms with van der Waals surface area (Å²) in [5, 5.41) is 4.64. The number of hydrogen-bond donors (Lipinski definition) is 1. The standard InChI is InChI=1S/C20H26N4O2/c1-14(2)18-10-17(22-24(18)16-6-4-3-5-7-16)19(25)23-11-15-12-26-9-8-20(15,21)13-23/h3-7,10,14-15H,8-9,11-13,21H2,1-2H3/t15-,20+/m1/s1. The van der Waals surface area contributed by atoms with Gasteiger partial charge in [-0.25, -0.2) is 4.68 Å². The van der Waals surface area contributed by atoms with E-state index in [1.165, 1.54) is 0 Å². The molecule has 0 radical (unpaired) electrons. The smallest absolute Gasteiger partial charge is 0.274 e. The lowest BCUT2D eigenvalue weighted by atomic mass is 9.84. The molecule has 0 bridgehead atoms. The number of amides is 1. The van der Waals surface area contributed by atoms with E-state index in [1.54, 1.807) is 0 Å². The van der Waals surface area contributed by atoms with Crippen LogP contribution in [0.3, 0.4) is 0 Å². The van der Waals surface area contributed by atoms with E-state index < -0.39 is 0 Å². The first-order chi connectivity index (χ1) is 12.5. The van der Waals surface area contributed by atoms with Crippen molar-refractivity contribution in [3.05, 3.63) is 47.8 Å². The number of ether oxygens (including phenoxy) is 1. The van der Waals surface area contributed by atoms with Crippen LogP contribution in [0.5, 0.6) is 0 Å². The molecule has 0 aliphatic carbocycles. The van der Waals surface area contributed by atoms with E-state index in [9.17, 15) is 4.79 Å². The quantitative estimate of drug-likeness (QED) is 0.917. The molecule has 1 aromatic heterocycles. The zero-order chi connectivity index (χ0) is 18.3. The van der Waals surface area contributed by atoms with Crippen molar-refractivity contribution in [1.82, 2.24) is 14.7 Å². The van der Waals surface area contributed by atoms with Crippen molar-refractivity contribution < 1.29 is 9.53 Å². The largest absolute Gasteiger partial charge is 0.381 e. The molecule has 2 aliphatic heterocycles. The molecule has 2 saturated heterocycles. The van der Waals surface area contributed by atoms with E-state index in [0.717, 1.165) is 17.8 Å². The Morgan fingerprint density at radius 3 is 2.81 bits per heavy atom. The van der Waals surface area contributed by atoms with Gasteiger partial charge in [0.25, 0.3) is 5.91 Å². The van der Waals surface area contributed by atoms with Gasteiger partial charge in [0.1, 0.15) is 0 Å². The number of carbonyl (C=O) groups is 1. The van der Waals surface area contributed by atoms with E-state index >= 15 is 0 Å². The van der Waals surface area contributed by atoms with Crippen LogP contribution in [0.1, 0.15) is 42.4 Å². The van der Waals surface area contributed by atoms with Crippen LogP contribution in [-0.4, -0.2) is 52.4 Å². The average Bonchev–Trinajstić information content (AvgIpc) is 3.23. The molecule has 2 atom stereocenters. The number of hydrogen-bond acceptors (Lipinski definition) is 4. The van der Waals surface area contributed by atoms with Crippen molar-refractivity contribution >= 4 is 5.91 Å². The minimum atomic E-state index is -0.323. The van der Waals surface area contributed by atoms with Crippen molar-refractivity contribution in [3.8, 4) is 5.69 Å². The molecule has 1 aromatic carbocycles. The number of fused-ring (bicyclic) bond motifs is 1. The van der Waals surface area contributed by atoms with Crippen LogP contribution in [0, 0.1) is 5.92 Å². The minimum absolute atomic E-state index is 0.0409. The summed E-state index contributed by atoms with van der Waals surface area (Å²) in [5.41, 5.74) is 8.71. The molecule has 2 fully saturated rings. The van der Waals surface area contributed by atoms with Crippen LogP contribution in [0.2, 0.25) is 0 Å². The van der Waals surface area contributed by atoms with Crippen molar-refractivity contribution in [1.29, 1.82) is 0 Å². The molecule has 6 nitrogen and oxygen atoms in total. The van der Waals surface area contributed by atoms with Gasteiger partial charge in [0.15, 0.2) is 5.69 Å². The molecule has 0 unspecified atom stereocenters. The summed E-state index contributed by atoms with van der Waals surface area (Å²) >= 11 is 0. The van der Waals surface area contributed by atoms with Gasteiger partial charge in [-0.05, 0) is 30.5 Å². The Balaban J connectivity index is 1.63. The van der Waals surface area contributed by atoms with E-state index in [-0.39, 0.29) is 23.3 Å². The summed E-state index contributed by atoms with van der Waals surface area (Å²) in [5.74, 6) is 0.432. The normalized spacial score (nSPS) is 25.5. The minimum Gasteiger partial charge on any atom is -0.381 e. The second-order valence-electron chi connectivity index (χ2n) is 7.80. The molecule has 26 heavy (non-hydrogen) atoms. The van der Waals surface area contributed by atoms with Crippen molar-refractivity contribution in [2.45, 2.75) is 31.7 Å². The number of para-hydroxylation sites is 1. The van der Waals surface area contributed by atoms with Crippen LogP contribution < -0.4 is 5.73 Å².